The van der Waals surface area contributed by atoms with E-state index < -0.39 is 29.6 Å². The molecule has 2 heterocycles. The SMILES string of the molecule is CC1(c2ccc(OC(F)(F)F)cc2)NC(=O)N(Cc2ncc(-c3cccc(Cl)c3)o2)C1=O. The van der Waals surface area contributed by atoms with Gasteiger partial charge in [0.25, 0.3) is 5.91 Å². The zero-order chi connectivity index (χ0) is 23.1. The van der Waals surface area contributed by atoms with Gasteiger partial charge in [-0.2, -0.15) is 0 Å². The Labute approximate surface area is 184 Å². The van der Waals surface area contributed by atoms with Crippen LogP contribution in [0.3, 0.4) is 0 Å². The summed E-state index contributed by atoms with van der Waals surface area (Å²) in [5.41, 5.74) is -0.504. The number of alkyl halides is 3. The summed E-state index contributed by atoms with van der Waals surface area (Å²) >= 11 is 5.98. The second kappa shape index (κ2) is 7.86. The molecule has 0 radical (unpaired) electrons. The minimum absolute atomic E-state index is 0.127. The molecule has 0 saturated carbocycles. The molecule has 1 aliphatic heterocycles. The van der Waals surface area contributed by atoms with Gasteiger partial charge in [0.05, 0.1) is 6.20 Å². The molecule has 166 valence electrons. The minimum Gasteiger partial charge on any atom is -0.439 e. The van der Waals surface area contributed by atoms with Crippen molar-refractivity contribution in [3.63, 3.8) is 0 Å². The summed E-state index contributed by atoms with van der Waals surface area (Å²) in [5.74, 6) is -0.500. The van der Waals surface area contributed by atoms with E-state index in [0.717, 1.165) is 17.0 Å². The molecule has 0 bridgehead atoms. The van der Waals surface area contributed by atoms with Crippen LogP contribution < -0.4 is 10.1 Å². The maximum absolute atomic E-state index is 13.0. The molecule has 3 aromatic rings. The second-order valence-corrected chi connectivity index (χ2v) is 7.58. The fourth-order valence-electron chi connectivity index (χ4n) is 3.32. The van der Waals surface area contributed by atoms with Gasteiger partial charge in [0.2, 0.25) is 5.89 Å². The summed E-state index contributed by atoms with van der Waals surface area (Å²) < 4.78 is 46.6. The predicted octanol–water partition coefficient (Wildman–Crippen LogP) is 4.86. The van der Waals surface area contributed by atoms with Gasteiger partial charge in [-0.1, -0.05) is 35.9 Å². The maximum atomic E-state index is 13.0. The number of rotatable bonds is 5. The van der Waals surface area contributed by atoms with E-state index in [1.165, 1.54) is 25.3 Å². The summed E-state index contributed by atoms with van der Waals surface area (Å²) in [6.45, 7) is 1.23. The average Bonchev–Trinajstić information content (AvgIpc) is 3.27. The van der Waals surface area contributed by atoms with Crippen LogP contribution in [0.25, 0.3) is 11.3 Å². The topological polar surface area (TPSA) is 84.7 Å². The summed E-state index contributed by atoms with van der Waals surface area (Å²) in [4.78, 5) is 30.5. The first-order valence-corrected chi connectivity index (χ1v) is 9.64. The Morgan fingerprint density at radius 3 is 2.56 bits per heavy atom. The Bertz CT molecular complexity index is 1180. The van der Waals surface area contributed by atoms with E-state index >= 15 is 0 Å². The van der Waals surface area contributed by atoms with Crippen LogP contribution in [0.15, 0.2) is 59.1 Å². The molecule has 2 aromatic carbocycles. The van der Waals surface area contributed by atoms with Crippen molar-refractivity contribution in [3.8, 4) is 17.1 Å². The number of urea groups is 1. The van der Waals surface area contributed by atoms with Gasteiger partial charge in [0.1, 0.15) is 17.8 Å². The van der Waals surface area contributed by atoms with Gasteiger partial charge in [-0.3, -0.25) is 9.69 Å². The number of oxazole rings is 1. The van der Waals surface area contributed by atoms with Crippen LogP contribution in [0.5, 0.6) is 5.75 Å². The molecule has 1 N–H and O–H groups in total. The normalized spacial score (nSPS) is 18.7. The number of carbonyl (C=O) groups excluding carboxylic acids is 2. The molecule has 1 aliphatic rings. The number of benzene rings is 2. The zero-order valence-electron chi connectivity index (χ0n) is 16.4. The summed E-state index contributed by atoms with van der Waals surface area (Å²) in [6, 6.07) is 10.9. The van der Waals surface area contributed by atoms with Gasteiger partial charge in [-0.25, -0.2) is 9.78 Å². The Balaban J connectivity index is 1.52. The molecule has 1 saturated heterocycles. The molecule has 1 unspecified atom stereocenters. The second-order valence-electron chi connectivity index (χ2n) is 7.15. The van der Waals surface area contributed by atoms with Crippen molar-refractivity contribution in [1.82, 2.24) is 15.2 Å². The van der Waals surface area contributed by atoms with Crippen molar-refractivity contribution in [2.45, 2.75) is 25.4 Å². The van der Waals surface area contributed by atoms with Crippen LogP contribution >= 0.6 is 11.6 Å². The number of halogens is 4. The fourth-order valence-corrected chi connectivity index (χ4v) is 3.51. The third kappa shape index (κ3) is 4.26. The Morgan fingerprint density at radius 2 is 1.91 bits per heavy atom. The minimum atomic E-state index is -4.83. The number of imide groups is 1. The third-order valence-electron chi connectivity index (χ3n) is 4.90. The number of ether oxygens (including phenoxy) is 1. The number of carbonyl (C=O) groups is 2. The van der Waals surface area contributed by atoms with E-state index in [-0.39, 0.29) is 12.4 Å². The van der Waals surface area contributed by atoms with Crippen LogP contribution in [-0.4, -0.2) is 28.2 Å². The van der Waals surface area contributed by atoms with Crippen LogP contribution in [0, 0.1) is 0 Å². The predicted molar refractivity (Wildman–Crippen MR) is 107 cm³/mol. The number of nitrogens with one attached hydrogen (secondary N) is 1. The first kappa shape index (κ1) is 21.7. The van der Waals surface area contributed by atoms with E-state index in [4.69, 9.17) is 16.0 Å². The summed E-state index contributed by atoms with van der Waals surface area (Å²) in [6.07, 6.45) is -3.38. The molecule has 1 fully saturated rings. The van der Waals surface area contributed by atoms with Gasteiger partial charge in [0, 0.05) is 10.6 Å². The molecule has 11 heteroatoms. The van der Waals surface area contributed by atoms with E-state index in [9.17, 15) is 22.8 Å². The quantitative estimate of drug-likeness (QED) is 0.544. The lowest BCUT2D eigenvalue weighted by molar-refractivity contribution is -0.274. The highest BCUT2D eigenvalue weighted by atomic mass is 35.5. The lowest BCUT2D eigenvalue weighted by atomic mass is 9.92. The third-order valence-corrected chi connectivity index (χ3v) is 5.13. The Kier molecular flexibility index (Phi) is 5.33. The van der Waals surface area contributed by atoms with Crippen molar-refractivity contribution >= 4 is 23.5 Å². The van der Waals surface area contributed by atoms with Gasteiger partial charge < -0.3 is 14.5 Å². The molecular formula is C21H15ClF3N3O4. The first-order chi connectivity index (χ1) is 15.0. The van der Waals surface area contributed by atoms with Crippen molar-refractivity contribution < 1.29 is 31.9 Å². The van der Waals surface area contributed by atoms with Crippen molar-refractivity contribution in [2.24, 2.45) is 0 Å². The van der Waals surface area contributed by atoms with Gasteiger partial charge in [0.15, 0.2) is 5.76 Å². The number of nitrogens with zero attached hydrogens (tertiary/aromatic N) is 2. The number of aromatic nitrogens is 1. The highest BCUT2D eigenvalue weighted by Crippen LogP contribution is 2.32. The zero-order valence-corrected chi connectivity index (χ0v) is 17.2. The summed E-state index contributed by atoms with van der Waals surface area (Å²) in [5, 5.41) is 3.08. The molecule has 3 amide bonds. The molecule has 32 heavy (non-hydrogen) atoms. The average molecular weight is 466 g/mol. The van der Waals surface area contributed by atoms with E-state index in [2.05, 4.69) is 15.0 Å². The lowest BCUT2D eigenvalue weighted by Gasteiger charge is -2.22. The number of hydrogen-bond donors (Lipinski definition) is 1. The van der Waals surface area contributed by atoms with Crippen molar-refractivity contribution in [3.05, 3.63) is 71.2 Å². The number of amides is 3. The molecule has 0 aliphatic carbocycles. The van der Waals surface area contributed by atoms with E-state index in [1.54, 1.807) is 24.3 Å². The van der Waals surface area contributed by atoms with Gasteiger partial charge in [-0.15, -0.1) is 13.2 Å². The van der Waals surface area contributed by atoms with Crippen LogP contribution in [0.2, 0.25) is 5.02 Å². The summed E-state index contributed by atoms with van der Waals surface area (Å²) in [7, 11) is 0. The largest absolute Gasteiger partial charge is 0.573 e. The van der Waals surface area contributed by atoms with Crippen molar-refractivity contribution in [2.75, 3.05) is 0 Å². The molecule has 4 rings (SSSR count). The number of hydrogen-bond acceptors (Lipinski definition) is 5. The molecule has 0 spiro atoms. The monoisotopic (exact) mass is 465 g/mol. The molecular weight excluding hydrogens is 451 g/mol. The first-order valence-electron chi connectivity index (χ1n) is 9.26. The highest BCUT2D eigenvalue weighted by molar-refractivity contribution is 6.30. The van der Waals surface area contributed by atoms with Crippen LogP contribution in [0.4, 0.5) is 18.0 Å². The van der Waals surface area contributed by atoms with E-state index in [0.29, 0.717) is 21.9 Å². The Hall–Kier alpha value is -3.53. The highest BCUT2D eigenvalue weighted by Gasteiger charge is 2.49. The van der Waals surface area contributed by atoms with E-state index in [1.807, 2.05) is 0 Å². The smallest absolute Gasteiger partial charge is 0.439 e. The molecule has 1 aromatic heterocycles. The van der Waals surface area contributed by atoms with Crippen LogP contribution in [0.1, 0.15) is 18.4 Å². The molecule has 1 atom stereocenters. The molecule has 7 nitrogen and oxygen atoms in total. The Morgan fingerprint density at radius 1 is 1.19 bits per heavy atom. The van der Waals surface area contributed by atoms with Gasteiger partial charge in [-0.05, 0) is 36.8 Å². The maximum Gasteiger partial charge on any atom is 0.573 e. The lowest BCUT2D eigenvalue weighted by Crippen LogP contribution is -2.40. The standard InChI is InChI=1S/C21H15ClF3N3O4/c1-20(13-5-7-15(8-6-13)32-21(23,24)25)18(29)28(19(30)27-20)11-17-26-10-16(31-17)12-3-2-4-14(22)9-12/h2-10H,11H2,1H3,(H,27,30). The fraction of sp³-hybridized carbons (Fsp3) is 0.190. The van der Waals surface area contributed by atoms with Crippen LogP contribution in [-0.2, 0) is 16.9 Å². The van der Waals surface area contributed by atoms with Gasteiger partial charge >= 0.3 is 12.4 Å². The van der Waals surface area contributed by atoms with Crippen molar-refractivity contribution in [1.29, 1.82) is 0 Å².